The largest absolute Gasteiger partial charge is 0.309 e. The van der Waals surface area contributed by atoms with Crippen LogP contribution >= 0.6 is 35.0 Å². The molecule has 1 aromatic carbocycles. The Labute approximate surface area is 133 Å². The van der Waals surface area contributed by atoms with Crippen LogP contribution < -0.4 is 5.32 Å². The summed E-state index contributed by atoms with van der Waals surface area (Å²) in [6.07, 6.45) is 1.87. The van der Waals surface area contributed by atoms with Crippen LogP contribution in [-0.4, -0.2) is 11.5 Å². The summed E-state index contributed by atoms with van der Waals surface area (Å²) in [5.74, 6) is 0. The van der Waals surface area contributed by atoms with Gasteiger partial charge in [-0.15, -0.1) is 0 Å². The summed E-state index contributed by atoms with van der Waals surface area (Å²) in [4.78, 5) is 6.47. The molecule has 5 heteroatoms. The van der Waals surface area contributed by atoms with Crippen LogP contribution in [0.25, 0.3) is 0 Å². The number of nitrogens with one attached hydrogen (secondary N) is 1. The minimum absolute atomic E-state index is 0.258. The molecule has 0 aliphatic carbocycles. The van der Waals surface area contributed by atoms with E-state index in [1.807, 2.05) is 18.3 Å². The van der Waals surface area contributed by atoms with Gasteiger partial charge < -0.3 is 5.32 Å². The lowest BCUT2D eigenvalue weighted by Crippen LogP contribution is -2.18. The molecule has 20 heavy (non-hydrogen) atoms. The normalized spacial score (nSPS) is 12.4. The van der Waals surface area contributed by atoms with Crippen molar-refractivity contribution in [3.05, 3.63) is 52.3 Å². The van der Waals surface area contributed by atoms with Gasteiger partial charge in [-0.05, 0) is 43.8 Å². The Kier molecular flexibility index (Phi) is 5.73. The second kappa shape index (κ2) is 7.32. The molecule has 1 atom stereocenters. The van der Waals surface area contributed by atoms with Crippen molar-refractivity contribution >= 4 is 35.0 Å². The molecule has 0 bridgehead atoms. The average molecular weight is 327 g/mol. The molecule has 0 aliphatic heterocycles. The summed E-state index contributed by atoms with van der Waals surface area (Å²) < 4.78 is 0. The van der Waals surface area contributed by atoms with E-state index < -0.39 is 0 Å². The van der Waals surface area contributed by atoms with Crippen LogP contribution in [0.1, 0.15) is 25.6 Å². The minimum Gasteiger partial charge on any atom is -0.309 e. The molecule has 2 rings (SSSR count). The van der Waals surface area contributed by atoms with E-state index >= 15 is 0 Å². The smallest absolute Gasteiger partial charge is 0.0571 e. The van der Waals surface area contributed by atoms with Crippen molar-refractivity contribution in [1.82, 2.24) is 10.3 Å². The van der Waals surface area contributed by atoms with E-state index in [0.717, 1.165) is 22.0 Å². The molecular formula is C15H16Cl2N2S. The predicted octanol–water partition coefficient (Wildman–Crippen LogP) is 5.21. The van der Waals surface area contributed by atoms with Crippen LogP contribution in [-0.2, 0) is 0 Å². The molecule has 1 N–H and O–H groups in total. The highest BCUT2D eigenvalue weighted by Crippen LogP contribution is 2.34. The Morgan fingerprint density at radius 2 is 2.05 bits per heavy atom. The molecule has 0 radical (unpaired) electrons. The van der Waals surface area contributed by atoms with E-state index in [-0.39, 0.29) is 6.04 Å². The number of rotatable bonds is 5. The maximum atomic E-state index is 6.16. The number of hydrogen-bond donors (Lipinski definition) is 1. The first kappa shape index (κ1) is 15.6. The van der Waals surface area contributed by atoms with E-state index in [1.165, 1.54) is 0 Å². The molecule has 0 fully saturated rings. The Morgan fingerprint density at radius 1 is 1.25 bits per heavy atom. The highest BCUT2D eigenvalue weighted by atomic mass is 35.5. The van der Waals surface area contributed by atoms with Gasteiger partial charge in [0, 0.05) is 27.1 Å². The van der Waals surface area contributed by atoms with Crippen molar-refractivity contribution in [3.63, 3.8) is 0 Å². The second-order valence-corrected chi connectivity index (χ2v) is 6.33. The van der Waals surface area contributed by atoms with Gasteiger partial charge in [0.2, 0.25) is 0 Å². The molecule has 0 amide bonds. The summed E-state index contributed by atoms with van der Waals surface area (Å²) in [7, 11) is 0. The highest BCUT2D eigenvalue weighted by molar-refractivity contribution is 7.99. The fraction of sp³-hybridized carbons (Fsp3) is 0.267. The standard InChI is InChI=1S/C15H16Cl2N2S/c1-3-18-10(2)14-7-5-12(9-19-14)20-15-8-11(16)4-6-13(15)17/h4-10,18H,3H2,1-2H3. The molecular weight excluding hydrogens is 311 g/mol. The molecule has 106 valence electrons. The number of benzene rings is 1. The van der Waals surface area contributed by atoms with E-state index in [0.29, 0.717) is 10.0 Å². The summed E-state index contributed by atoms with van der Waals surface area (Å²) in [5, 5.41) is 4.72. The SMILES string of the molecule is CCNC(C)c1ccc(Sc2cc(Cl)ccc2Cl)cn1. The molecule has 1 heterocycles. The van der Waals surface area contributed by atoms with Crippen LogP contribution in [0.4, 0.5) is 0 Å². The molecule has 2 aromatic rings. The van der Waals surface area contributed by atoms with Crippen LogP contribution in [0.3, 0.4) is 0 Å². The van der Waals surface area contributed by atoms with Gasteiger partial charge in [-0.1, -0.05) is 41.9 Å². The van der Waals surface area contributed by atoms with Gasteiger partial charge in [0.1, 0.15) is 0 Å². The number of nitrogens with zero attached hydrogens (tertiary/aromatic N) is 1. The van der Waals surface area contributed by atoms with Crippen LogP contribution in [0.2, 0.25) is 10.0 Å². The van der Waals surface area contributed by atoms with Crippen molar-refractivity contribution in [2.45, 2.75) is 29.7 Å². The quantitative estimate of drug-likeness (QED) is 0.816. The zero-order chi connectivity index (χ0) is 14.5. The second-order valence-electron chi connectivity index (χ2n) is 4.37. The molecule has 2 nitrogen and oxygen atoms in total. The Bertz CT molecular complexity index is 573. The van der Waals surface area contributed by atoms with Crippen LogP contribution in [0, 0.1) is 0 Å². The van der Waals surface area contributed by atoms with Crippen LogP contribution in [0.5, 0.6) is 0 Å². The van der Waals surface area contributed by atoms with E-state index in [9.17, 15) is 0 Å². The lowest BCUT2D eigenvalue weighted by atomic mass is 10.2. The van der Waals surface area contributed by atoms with Crippen molar-refractivity contribution in [1.29, 1.82) is 0 Å². The zero-order valence-corrected chi connectivity index (χ0v) is 13.7. The molecule has 0 spiro atoms. The predicted molar refractivity (Wildman–Crippen MR) is 86.9 cm³/mol. The van der Waals surface area contributed by atoms with E-state index in [4.69, 9.17) is 23.2 Å². The monoisotopic (exact) mass is 326 g/mol. The highest BCUT2D eigenvalue weighted by Gasteiger charge is 2.07. The lowest BCUT2D eigenvalue weighted by molar-refractivity contribution is 0.582. The Hall–Kier alpha value is -0.740. The molecule has 1 unspecified atom stereocenters. The average Bonchev–Trinajstić information content (AvgIpc) is 2.44. The minimum atomic E-state index is 0.258. The fourth-order valence-electron chi connectivity index (χ4n) is 1.80. The fourth-order valence-corrected chi connectivity index (χ4v) is 3.12. The summed E-state index contributed by atoms with van der Waals surface area (Å²) in [6, 6.07) is 9.80. The van der Waals surface area contributed by atoms with Gasteiger partial charge in [-0.25, -0.2) is 0 Å². The first-order valence-electron chi connectivity index (χ1n) is 6.42. The Balaban J connectivity index is 2.12. The van der Waals surface area contributed by atoms with Gasteiger partial charge in [-0.2, -0.15) is 0 Å². The molecule has 0 aliphatic rings. The molecule has 0 saturated carbocycles. The third-order valence-electron chi connectivity index (χ3n) is 2.83. The maximum absolute atomic E-state index is 6.16. The van der Waals surface area contributed by atoms with Crippen molar-refractivity contribution in [2.75, 3.05) is 6.54 Å². The summed E-state index contributed by atoms with van der Waals surface area (Å²) in [6.45, 7) is 5.12. The van der Waals surface area contributed by atoms with E-state index in [2.05, 4.69) is 30.2 Å². The number of halogens is 2. The zero-order valence-electron chi connectivity index (χ0n) is 11.4. The topological polar surface area (TPSA) is 24.9 Å². The van der Waals surface area contributed by atoms with Crippen molar-refractivity contribution in [2.24, 2.45) is 0 Å². The van der Waals surface area contributed by atoms with Gasteiger partial charge >= 0.3 is 0 Å². The first-order chi connectivity index (χ1) is 9.60. The summed E-state index contributed by atoms with van der Waals surface area (Å²) >= 11 is 13.7. The third kappa shape index (κ3) is 4.13. The van der Waals surface area contributed by atoms with Crippen molar-refractivity contribution in [3.8, 4) is 0 Å². The van der Waals surface area contributed by atoms with Gasteiger partial charge in [-0.3, -0.25) is 4.98 Å². The lowest BCUT2D eigenvalue weighted by Gasteiger charge is -2.12. The number of hydrogen-bond acceptors (Lipinski definition) is 3. The number of pyridine rings is 1. The maximum Gasteiger partial charge on any atom is 0.0571 e. The van der Waals surface area contributed by atoms with Gasteiger partial charge in [0.25, 0.3) is 0 Å². The molecule has 0 saturated heterocycles. The van der Waals surface area contributed by atoms with Crippen molar-refractivity contribution < 1.29 is 0 Å². The van der Waals surface area contributed by atoms with Gasteiger partial charge in [0.05, 0.1) is 10.7 Å². The van der Waals surface area contributed by atoms with E-state index in [1.54, 1.807) is 23.9 Å². The third-order valence-corrected chi connectivity index (χ3v) is 4.55. The van der Waals surface area contributed by atoms with Gasteiger partial charge in [0.15, 0.2) is 0 Å². The number of aromatic nitrogens is 1. The molecule has 1 aromatic heterocycles. The first-order valence-corrected chi connectivity index (χ1v) is 7.99. The van der Waals surface area contributed by atoms with Crippen LogP contribution in [0.15, 0.2) is 46.3 Å². The Morgan fingerprint density at radius 3 is 2.70 bits per heavy atom. The summed E-state index contributed by atoms with van der Waals surface area (Å²) in [5.41, 5.74) is 1.04.